The van der Waals surface area contributed by atoms with Crippen molar-refractivity contribution in [3.8, 4) is 0 Å². The molecular formula is C13H18ClN. The zero-order valence-electron chi connectivity index (χ0n) is 9.46. The lowest BCUT2D eigenvalue weighted by molar-refractivity contribution is 0.362. The molecule has 2 rings (SSSR count). The number of anilines is 1. The van der Waals surface area contributed by atoms with Gasteiger partial charge in [0.15, 0.2) is 0 Å². The van der Waals surface area contributed by atoms with Crippen molar-refractivity contribution >= 4 is 17.3 Å². The van der Waals surface area contributed by atoms with Gasteiger partial charge in [-0.05, 0) is 57.4 Å². The molecule has 0 radical (unpaired) electrons. The van der Waals surface area contributed by atoms with E-state index < -0.39 is 0 Å². The Morgan fingerprint density at radius 1 is 1.13 bits per heavy atom. The Hall–Kier alpha value is -0.690. The van der Waals surface area contributed by atoms with Crippen molar-refractivity contribution in [2.75, 3.05) is 11.4 Å². The first kappa shape index (κ1) is 10.8. The standard InChI is InChI=1S/C13H18ClN/c1-13(2)9-3-4-10-15(13)12-7-5-11(14)6-8-12/h5-8H,3-4,9-10H2,1-2H3. The Balaban J connectivity index is 2.25. The first-order valence-electron chi connectivity index (χ1n) is 5.63. The van der Waals surface area contributed by atoms with Crippen molar-refractivity contribution < 1.29 is 0 Å². The number of rotatable bonds is 1. The summed E-state index contributed by atoms with van der Waals surface area (Å²) in [6.45, 7) is 5.80. The van der Waals surface area contributed by atoms with E-state index in [-0.39, 0.29) is 5.54 Å². The molecule has 0 aliphatic carbocycles. The zero-order chi connectivity index (χ0) is 10.9. The summed E-state index contributed by atoms with van der Waals surface area (Å²) < 4.78 is 0. The van der Waals surface area contributed by atoms with Crippen LogP contribution in [0.2, 0.25) is 5.02 Å². The van der Waals surface area contributed by atoms with Gasteiger partial charge < -0.3 is 4.90 Å². The lowest BCUT2D eigenvalue weighted by Crippen LogP contribution is -2.47. The zero-order valence-corrected chi connectivity index (χ0v) is 10.2. The lowest BCUT2D eigenvalue weighted by atomic mass is 9.90. The van der Waals surface area contributed by atoms with Gasteiger partial charge in [-0.2, -0.15) is 0 Å². The maximum absolute atomic E-state index is 5.90. The predicted molar refractivity (Wildman–Crippen MR) is 66.7 cm³/mol. The number of nitrogens with zero attached hydrogens (tertiary/aromatic N) is 1. The van der Waals surface area contributed by atoms with Gasteiger partial charge in [0.2, 0.25) is 0 Å². The summed E-state index contributed by atoms with van der Waals surface area (Å²) in [5, 5.41) is 0.813. The number of halogens is 1. The van der Waals surface area contributed by atoms with Crippen molar-refractivity contribution in [2.45, 2.75) is 38.6 Å². The molecular weight excluding hydrogens is 206 g/mol. The van der Waals surface area contributed by atoms with Gasteiger partial charge >= 0.3 is 0 Å². The van der Waals surface area contributed by atoms with E-state index in [2.05, 4.69) is 30.9 Å². The number of benzene rings is 1. The Kier molecular flexibility index (Phi) is 2.92. The summed E-state index contributed by atoms with van der Waals surface area (Å²) in [7, 11) is 0. The molecule has 1 aliphatic rings. The van der Waals surface area contributed by atoms with Gasteiger partial charge in [0.1, 0.15) is 0 Å². The maximum Gasteiger partial charge on any atom is 0.0407 e. The van der Waals surface area contributed by atoms with Gasteiger partial charge in [-0.15, -0.1) is 0 Å². The molecule has 1 aromatic carbocycles. The first-order chi connectivity index (χ1) is 7.09. The number of hydrogen-bond acceptors (Lipinski definition) is 1. The molecule has 0 aromatic heterocycles. The third kappa shape index (κ3) is 2.28. The van der Waals surface area contributed by atoms with Gasteiger partial charge in [-0.25, -0.2) is 0 Å². The Morgan fingerprint density at radius 2 is 1.80 bits per heavy atom. The summed E-state index contributed by atoms with van der Waals surface area (Å²) in [5.74, 6) is 0. The molecule has 0 unspecified atom stereocenters. The molecule has 1 nitrogen and oxygen atoms in total. The monoisotopic (exact) mass is 223 g/mol. The Labute approximate surface area is 97.0 Å². The van der Waals surface area contributed by atoms with Gasteiger partial charge in [0.25, 0.3) is 0 Å². The number of piperidine rings is 1. The summed E-state index contributed by atoms with van der Waals surface area (Å²) in [4.78, 5) is 2.49. The molecule has 0 saturated carbocycles. The molecule has 2 heteroatoms. The minimum atomic E-state index is 0.284. The van der Waals surface area contributed by atoms with Gasteiger partial charge in [-0.1, -0.05) is 11.6 Å². The second-order valence-electron chi connectivity index (χ2n) is 4.90. The molecule has 82 valence electrons. The minimum absolute atomic E-state index is 0.284. The van der Waals surface area contributed by atoms with Crippen molar-refractivity contribution in [3.05, 3.63) is 29.3 Å². The van der Waals surface area contributed by atoms with Crippen LogP contribution in [0.1, 0.15) is 33.1 Å². The van der Waals surface area contributed by atoms with Crippen LogP contribution in [0.4, 0.5) is 5.69 Å². The normalized spacial score (nSPS) is 20.3. The van der Waals surface area contributed by atoms with Crippen LogP contribution < -0.4 is 4.90 Å². The first-order valence-corrected chi connectivity index (χ1v) is 6.01. The molecule has 1 heterocycles. The topological polar surface area (TPSA) is 3.24 Å². The fraction of sp³-hybridized carbons (Fsp3) is 0.538. The second kappa shape index (κ2) is 4.05. The van der Waals surface area contributed by atoms with E-state index >= 15 is 0 Å². The van der Waals surface area contributed by atoms with Crippen LogP contribution in [0.3, 0.4) is 0 Å². The summed E-state index contributed by atoms with van der Waals surface area (Å²) in [6, 6.07) is 8.19. The molecule has 1 saturated heterocycles. The molecule has 0 bridgehead atoms. The SMILES string of the molecule is CC1(C)CCCCN1c1ccc(Cl)cc1. The van der Waals surface area contributed by atoms with Gasteiger partial charge in [0, 0.05) is 22.8 Å². The van der Waals surface area contributed by atoms with Crippen LogP contribution in [-0.2, 0) is 0 Å². The van der Waals surface area contributed by atoms with E-state index in [0.29, 0.717) is 0 Å². The van der Waals surface area contributed by atoms with Crippen molar-refractivity contribution in [2.24, 2.45) is 0 Å². The molecule has 0 spiro atoms. The minimum Gasteiger partial charge on any atom is -0.366 e. The van der Waals surface area contributed by atoms with Gasteiger partial charge in [-0.3, -0.25) is 0 Å². The average Bonchev–Trinajstić information content (AvgIpc) is 2.19. The highest BCUT2D eigenvalue weighted by Crippen LogP contribution is 2.32. The van der Waals surface area contributed by atoms with E-state index in [1.807, 2.05) is 12.1 Å². The third-order valence-corrected chi connectivity index (χ3v) is 3.54. The molecule has 0 amide bonds. The Morgan fingerprint density at radius 3 is 2.40 bits per heavy atom. The molecule has 0 N–H and O–H groups in total. The molecule has 15 heavy (non-hydrogen) atoms. The fourth-order valence-corrected chi connectivity index (χ4v) is 2.49. The highest BCUT2D eigenvalue weighted by Gasteiger charge is 2.29. The summed E-state index contributed by atoms with van der Waals surface area (Å²) in [6.07, 6.45) is 3.92. The van der Waals surface area contributed by atoms with Crippen LogP contribution in [0, 0.1) is 0 Å². The maximum atomic E-state index is 5.90. The van der Waals surface area contributed by atoms with Crippen molar-refractivity contribution in [1.82, 2.24) is 0 Å². The predicted octanol–water partition coefficient (Wildman–Crippen LogP) is 4.11. The molecule has 1 fully saturated rings. The largest absolute Gasteiger partial charge is 0.366 e. The highest BCUT2D eigenvalue weighted by atomic mass is 35.5. The Bertz CT molecular complexity index is 329. The summed E-state index contributed by atoms with van der Waals surface area (Å²) in [5.41, 5.74) is 1.58. The van der Waals surface area contributed by atoms with Crippen molar-refractivity contribution in [1.29, 1.82) is 0 Å². The quantitative estimate of drug-likeness (QED) is 0.693. The fourth-order valence-electron chi connectivity index (χ4n) is 2.36. The van der Waals surface area contributed by atoms with Crippen LogP contribution in [0.15, 0.2) is 24.3 Å². The number of hydrogen-bond donors (Lipinski definition) is 0. The highest BCUT2D eigenvalue weighted by molar-refractivity contribution is 6.30. The third-order valence-electron chi connectivity index (χ3n) is 3.29. The molecule has 1 aromatic rings. The molecule has 0 atom stereocenters. The van der Waals surface area contributed by atoms with E-state index in [4.69, 9.17) is 11.6 Å². The van der Waals surface area contributed by atoms with Crippen LogP contribution in [0.5, 0.6) is 0 Å². The summed E-state index contributed by atoms with van der Waals surface area (Å²) >= 11 is 5.90. The van der Waals surface area contributed by atoms with E-state index in [9.17, 15) is 0 Å². The van der Waals surface area contributed by atoms with E-state index in [1.54, 1.807) is 0 Å². The van der Waals surface area contributed by atoms with Crippen LogP contribution in [0.25, 0.3) is 0 Å². The van der Waals surface area contributed by atoms with Crippen LogP contribution in [-0.4, -0.2) is 12.1 Å². The van der Waals surface area contributed by atoms with Crippen molar-refractivity contribution in [3.63, 3.8) is 0 Å². The van der Waals surface area contributed by atoms with Gasteiger partial charge in [0.05, 0.1) is 0 Å². The smallest absolute Gasteiger partial charge is 0.0407 e. The lowest BCUT2D eigenvalue weighted by Gasteiger charge is -2.44. The van der Waals surface area contributed by atoms with Crippen LogP contribution >= 0.6 is 11.6 Å². The average molecular weight is 224 g/mol. The van der Waals surface area contributed by atoms with E-state index in [1.165, 1.54) is 24.9 Å². The molecule has 1 aliphatic heterocycles. The second-order valence-corrected chi connectivity index (χ2v) is 5.33. The van der Waals surface area contributed by atoms with E-state index in [0.717, 1.165) is 11.6 Å².